The molecule has 1 N–H and O–H groups in total. The number of aliphatic carboxylic acids is 1. The summed E-state index contributed by atoms with van der Waals surface area (Å²) in [6.07, 6.45) is 1.36. The third-order valence-corrected chi connectivity index (χ3v) is 3.16. The first-order valence-electron chi connectivity index (χ1n) is 6.52. The van der Waals surface area contributed by atoms with Crippen LogP contribution in [0.25, 0.3) is 0 Å². The topological polar surface area (TPSA) is 75.5 Å². The van der Waals surface area contributed by atoms with Gasteiger partial charge >= 0.3 is 5.97 Å². The van der Waals surface area contributed by atoms with Crippen molar-refractivity contribution in [1.29, 1.82) is 0 Å². The Balaban J connectivity index is 2.05. The van der Waals surface area contributed by atoms with E-state index in [0.717, 1.165) is 5.56 Å². The van der Waals surface area contributed by atoms with E-state index >= 15 is 0 Å². The fourth-order valence-electron chi connectivity index (χ4n) is 1.70. The number of carboxylic acids is 1. The first-order valence-corrected chi connectivity index (χ1v) is 6.52. The minimum absolute atomic E-state index is 0.398. The van der Waals surface area contributed by atoms with Gasteiger partial charge in [-0.1, -0.05) is 30.3 Å². The van der Waals surface area contributed by atoms with Gasteiger partial charge in [-0.05, 0) is 12.5 Å². The predicted molar refractivity (Wildman–Crippen MR) is 78.3 cm³/mol. The van der Waals surface area contributed by atoms with Crippen LogP contribution < -0.4 is 9.64 Å². The highest BCUT2D eigenvalue weighted by Crippen LogP contribution is 2.17. The molecule has 0 bridgehead atoms. The van der Waals surface area contributed by atoms with Gasteiger partial charge in [0.15, 0.2) is 0 Å². The molecule has 0 amide bonds. The minimum atomic E-state index is -0.914. The molecule has 0 aliphatic rings. The summed E-state index contributed by atoms with van der Waals surface area (Å²) in [7, 11) is 1.67. The minimum Gasteiger partial charge on any atom is -0.480 e. The summed E-state index contributed by atoms with van der Waals surface area (Å²) in [5.74, 6) is -0.000815. The average molecular weight is 287 g/mol. The largest absolute Gasteiger partial charge is 0.480 e. The van der Waals surface area contributed by atoms with Crippen LogP contribution in [0.3, 0.4) is 0 Å². The fourth-order valence-corrected chi connectivity index (χ4v) is 1.70. The molecule has 0 aliphatic heterocycles. The zero-order chi connectivity index (χ0) is 15.2. The number of aromatic nitrogens is 2. The first kappa shape index (κ1) is 14.8. The smallest absolute Gasteiger partial charge is 0.326 e. The zero-order valence-electron chi connectivity index (χ0n) is 11.9. The molecule has 1 aromatic heterocycles. The Kier molecular flexibility index (Phi) is 4.71. The highest BCUT2D eigenvalue weighted by atomic mass is 16.5. The van der Waals surface area contributed by atoms with E-state index in [1.807, 2.05) is 30.3 Å². The molecule has 0 radical (unpaired) electrons. The summed E-state index contributed by atoms with van der Waals surface area (Å²) in [6, 6.07) is 10.7. The molecule has 2 rings (SSSR count). The second-order valence-electron chi connectivity index (χ2n) is 4.61. The number of nitrogens with zero attached hydrogens (tertiary/aromatic N) is 3. The molecule has 21 heavy (non-hydrogen) atoms. The van der Waals surface area contributed by atoms with Crippen molar-refractivity contribution >= 4 is 11.8 Å². The van der Waals surface area contributed by atoms with E-state index in [1.54, 1.807) is 24.9 Å². The molecule has 1 unspecified atom stereocenters. The molecule has 6 heteroatoms. The van der Waals surface area contributed by atoms with Crippen LogP contribution in [-0.2, 0) is 11.4 Å². The van der Waals surface area contributed by atoms with Gasteiger partial charge in [-0.15, -0.1) is 0 Å². The quantitative estimate of drug-likeness (QED) is 0.875. The van der Waals surface area contributed by atoms with Gasteiger partial charge in [0.1, 0.15) is 24.8 Å². The summed E-state index contributed by atoms with van der Waals surface area (Å²) < 4.78 is 5.60. The van der Waals surface area contributed by atoms with Crippen LogP contribution in [-0.4, -0.2) is 34.1 Å². The highest BCUT2D eigenvalue weighted by molar-refractivity contribution is 5.76. The number of benzene rings is 1. The lowest BCUT2D eigenvalue weighted by Gasteiger charge is -2.22. The molecule has 110 valence electrons. The molecular weight excluding hydrogens is 270 g/mol. The number of hydrogen-bond acceptors (Lipinski definition) is 5. The summed E-state index contributed by atoms with van der Waals surface area (Å²) in [4.78, 5) is 20.7. The summed E-state index contributed by atoms with van der Waals surface area (Å²) in [6.45, 7) is 1.99. The lowest BCUT2D eigenvalue weighted by atomic mass is 10.2. The standard InChI is InChI=1S/C15H17N3O3/c1-11(15(19)20)18(2)13-8-14(17-10-16-13)21-9-12-6-4-3-5-7-12/h3-8,10-11H,9H2,1-2H3,(H,19,20). The van der Waals surface area contributed by atoms with Gasteiger partial charge in [-0.3, -0.25) is 0 Å². The average Bonchev–Trinajstić information content (AvgIpc) is 2.52. The van der Waals surface area contributed by atoms with Crippen LogP contribution >= 0.6 is 0 Å². The van der Waals surface area contributed by atoms with E-state index in [4.69, 9.17) is 9.84 Å². The zero-order valence-corrected chi connectivity index (χ0v) is 11.9. The summed E-state index contributed by atoms with van der Waals surface area (Å²) >= 11 is 0. The summed E-state index contributed by atoms with van der Waals surface area (Å²) in [5.41, 5.74) is 1.03. The Morgan fingerprint density at radius 2 is 2.05 bits per heavy atom. The molecule has 6 nitrogen and oxygen atoms in total. The monoisotopic (exact) mass is 287 g/mol. The Morgan fingerprint density at radius 3 is 2.71 bits per heavy atom. The van der Waals surface area contributed by atoms with Crippen LogP contribution in [0.15, 0.2) is 42.7 Å². The number of ether oxygens (including phenoxy) is 1. The van der Waals surface area contributed by atoms with E-state index in [1.165, 1.54) is 6.33 Å². The molecule has 0 fully saturated rings. The molecule has 1 aromatic carbocycles. The molecule has 0 spiro atoms. The molecule has 2 aromatic rings. The van der Waals surface area contributed by atoms with Crippen molar-refractivity contribution < 1.29 is 14.6 Å². The Bertz CT molecular complexity index is 604. The van der Waals surface area contributed by atoms with Crippen LogP contribution in [0.2, 0.25) is 0 Å². The number of carboxylic acid groups (broad SMARTS) is 1. The van der Waals surface area contributed by atoms with Crippen molar-refractivity contribution in [1.82, 2.24) is 9.97 Å². The Hall–Kier alpha value is -2.63. The van der Waals surface area contributed by atoms with Crippen LogP contribution in [0.4, 0.5) is 5.82 Å². The first-order chi connectivity index (χ1) is 10.1. The van der Waals surface area contributed by atoms with Crippen molar-refractivity contribution in [2.45, 2.75) is 19.6 Å². The van der Waals surface area contributed by atoms with Crippen LogP contribution in [0, 0.1) is 0 Å². The normalized spacial score (nSPS) is 11.7. The van der Waals surface area contributed by atoms with E-state index in [2.05, 4.69) is 9.97 Å². The lowest BCUT2D eigenvalue weighted by molar-refractivity contribution is -0.138. The van der Waals surface area contributed by atoms with Gasteiger partial charge in [-0.25, -0.2) is 14.8 Å². The van der Waals surface area contributed by atoms with Gasteiger partial charge in [0.05, 0.1) is 0 Å². The maximum atomic E-state index is 11.0. The van der Waals surface area contributed by atoms with Gasteiger partial charge in [0, 0.05) is 13.1 Å². The van der Waals surface area contributed by atoms with E-state index < -0.39 is 12.0 Å². The number of rotatable bonds is 6. The molecule has 0 saturated carbocycles. The van der Waals surface area contributed by atoms with Crippen molar-refractivity contribution in [3.8, 4) is 5.88 Å². The number of hydrogen-bond donors (Lipinski definition) is 1. The number of anilines is 1. The molecule has 0 aliphatic carbocycles. The maximum absolute atomic E-state index is 11.0. The maximum Gasteiger partial charge on any atom is 0.326 e. The number of carbonyl (C=O) groups is 1. The molecule has 1 heterocycles. The van der Waals surface area contributed by atoms with Crippen molar-refractivity contribution in [3.63, 3.8) is 0 Å². The van der Waals surface area contributed by atoms with E-state index in [0.29, 0.717) is 18.3 Å². The van der Waals surface area contributed by atoms with Gasteiger partial charge in [0.2, 0.25) is 5.88 Å². The molecule has 0 saturated heterocycles. The molecular formula is C15H17N3O3. The van der Waals surface area contributed by atoms with E-state index in [9.17, 15) is 4.79 Å². The van der Waals surface area contributed by atoms with Crippen molar-refractivity contribution in [2.75, 3.05) is 11.9 Å². The lowest BCUT2D eigenvalue weighted by Crippen LogP contribution is -2.36. The van der Waals surface area contributed by atoms with Gasteiger partial charge in [0.25, 0.3) is 0 Å². The fraction of sp³-hybridized carbons (Fsp3) is 0.267. The summed E-state index contributed by atoms with van der Waals surface area (Å²) in [5, 5.41) is 9.02. The van der Waals surface area contributed by atoms with Gasteiger partial charge in [-0.2, -0.15) is 0 Å². The third kappa shape index (κ3) is 3.92. The third-order valence-electron chi connectivity index (χ3n) is 3.16. The Labute approximate surface area is 123 Å². The second kappa shape index (κ2) is 6.69. The van der Waals surface area contributed by atoms with Crippen molar-refractivity contribution in [2.24, 2.45) is 0 Å². The van der Waals surface area contributed by atoms with Crippen LogP contribution in [0.5, 0.6) is 5.88 Å². The Morgan fingerprint density at radius 1 is 1.33 bits per heavy atom. The number of likely N-dealkylation sites (N-methyl/N-ethyl adjacent to an activating group) is 1. The van der Waals surface area contributed by atoms with E-state index in [-0.39, 0.29) is 0 Å². The highest BCUT2D eigenvalue weighted by Gasteiger charge is 2.18. The predicted octanol–water partition coefficient (Wildman–Crippen LogP) is 1.96. The second-order valence-corrected chi connectivity index (χ2v) is 4.61. The van der Waals surface area contributed by atoms with Crippen molar-refractivity contribution in [3.05, 3.63) is 48.3 Å². The van der Waals surface area contributed by atoms with Gasteiger partial charge < -0.3 is 14.7 Å². The molecule has 1 atom stereocenters. The SMILES string of the molecule is CC(C(=O)O)N(C)c1cc(OCc2ccccc2)ncn1. The van der Waals surface area contributed by atoms with Crippen LogP contribution in [0.1, 0.15) is 12.5 Å².